The van der Waals surface area contributed by atoms with Crippen LogP contribution in [0.3, 0.4) is 0 Å². The Balaban J connectivity index is 2.25. The van der Waals surface area contributed by atoms with Gasteiger partial charge in [-0.3, -0.25) is 4.79 Å². The average Bonchev–Trinajstić information content (AvgIpc) is 2.75. The summed E-state index contributed by atoms with van der Waals surface area (Å²) in [6, 6.07) is 3.59. The monoisotopic (exact) mass is 204 g/mol. The van der Waals surface area contributed by atoms with Crippen LogP contribution in [0.25, 0.3) is 0 Å². The zero-order valence-corrected chi connectivity index (χ0v) is 8.73. The molecular weight excluding hydrogens is 192 g/mol. The Bertz CT molecular complexity index is 463. The molecule has 2 heterocycles. The Morgan fingerprint density at radius 1 is 1.53 bits per heavy atom. The van der Waals surface area contributed by atoms with E-state index < -0.39 is 0 Å². The van der Waals surface area contributed by atoms with Crippen LogP contribution < -0.4 is 0 Å². The summed E-state index contributed by atoms with van der Waals surface area (Å²) in [4.78, 5) is 14.9. The van der Waals surface area contributed by atoms with E-state index in [1.165, 1.54) is 0 Å². The third-order valence-electron chi connectivity index (χ3n) is 2.36. The van der Waals surface area contributed by atoms with E-state index in [1.54, 1.807) is 10.6 Å². The number of aryl methyl sites for hydroxylation is 2. The SMILES string of the molecule is Cc1nc(Cn2cccc2C=O)oc1C. The number of carbonyl (C=O) groups is 1. The lowest BCUT2D eigenvalue weighted by atomic mass is 10.4. The fraction of sp³-hybridized carbons (Fsp3) is 0.273. The summed E-state index contributed by atoms with van der Waals surface area (Å²) in [6.45, 7) is 4.27. The first-order chi connectivity index (χ1) is 7.20. The minimum Gasteiger partial charge on any atom is -0.444 e. The van der Waals surface area contributed by atoms with E-state index in [9.17, 15) is 4.79 Å². The molecule has 4 heteroatoms. The lowest BCUT2D eigenvalue weighted by Gasteiger charge is -2.00. The third-order valence-corrected chi connectivity index (χ3v) is 2.36. The zero-order valence-electron chi connectivity index (χ0n) is 8.73. The van der Waals surface area contributed by atoms with E-state index in [0.29, 0.717) is 18.1 Å². The van der Waals surface area contributed by atoms with Crippen molar-refractivity contribution in [2.24, 2.45) is 0 Å². The number of hydrogen-bond acceptors (Lipinski definition) is 3. The molecule has 0 atom stereocenters. The lowest BCUT2D eigenvalue weighted by Crippen LogP contribution is -2.02. The van der Waals surface area contributed by atoms with Crippen LogP contribution in [0.2, 0.25) is 0 Å². The quantitative estimate of drug-likeness (QED) is 0.718. The molecule has 0 saturated heterocycles. The summed E-state index contributed by atoms with van der Waals surface area (Å²) >= 11 is 0. The Morgan fingerprint density at radius 2 is 2.33 bits per heavy atom. The maximum atomic E-state index is 10.7. The van der Waals surface area contributed by atoms with E-state index in [1.807, 2.05) is 26.1 Å². The third kappa shape index (κ3) is 1.83. The number of carbonyl (C=O) groups excluding carboxylic acids is 1. The van der Waals surface area contributed by atoms with Gasteiger partial charge in [0.2, 0.25) is 5.89 Å². The smallest absolute Gasteiger partial charge is 0.214 e. The van der Waals surface area contributed by atoms with Crippen molar-refractivity contribution < 1.29 is 9.21 Å². The Morgan fingerprint density at radius 3 is 2.93 bits per heavy atom. The van der Waals surface area contributed by atoms with Gasteiger partial charge in [-0.1, -0.05) is 0 Å². The second kappa shape index (κ2) is 3.73. The van der Waals surface area contributed by atoms with Crippen LogP contribution in [0, 0.1) is 13.8 Å². The minimum absolute atomic E-state index is 0.496. The normalized spacial score (nSPS) is 10.5. The van der Waals surface area contributed by atoms with Crippen molar-refractivity contribution >= 4 is 6.29 Å². The molecule has 0 aliphatic carbocycles. The number of oxazole rings is 1. The van der Waals surface area contributed by atoms with Crippen molar-refractivity contribution in [1.82, 2.24) is 9.55 Å². The molecule has 0 saturated carbocycles. The largest absolute Gasteiger partial charge is 0.444 e. The highest BCUT2D eigenvalue weighted by atomic mass is 16.4. The van der Waals surface area contributed by atoms with Crippen LogP contribution in [-0.4, -0.2) is 15.8 Å². The van der Waals surface area contributed by atoms with E-state index in [-0.39, 0.29) is 0 Å². The molecule has 0 amide bonds. The molecule has 15 heavy (non-hydrogen) atoms. The number of aldehydes is 1. The van der Waals surface area contributed by atoms with Crippen LogP contribution in [-0.2, 0) is 6.54 Å². The Labute approximate surface area is 87.5 Å². The molecule has 4 nitrogen and oxygen atoms in total. The molecule has 2 rings (SSSR count). The molecule has 0 radical (unpaired) electrons. The lowest BCUT2D eigenvalue weighted by molar-refractivity contribution is 0.111. The van der Waals surface area contributed by atoms with E-state index >= 15 is 0 Å². The fourth-order valence-corrected chi connectivity index (χ4v) is 1.43. The number of rotatable bonds is 3. The van der Waals surface area contributed by atoms with E-state index in [4.69, 9.17) is 4.42 Å². The van der Waals surface area contributed by atoms with Gasteiger partial charge in [0, 0.05) is 6.20 Å². The van der Waals surface area contributed by atoms with Gasteiger partial charge in [-0.15, -0.1) is 0 Å². The minimum atomic E-state index is 0.496. The highest BCUT2D eigenvalue weighted by Crippen LogP contribution is 2.10. The van der Waals surface area contributed by atoms with Gasteiger partial charge in [0.25, 0.3) is 0 Å². The summed E-state index contributed by atoms with van der Waals surface area (Å²) in [7, 11) is 0. The maximum Gasteiger partial charge on any atom is 0.214 e. The summed E-state index contributed by atoms with van der Waals surface area (Å²) in [5.74, 6) is 1.45. The molecule has 0 aliphatic heterocycles. The summed E-state index contributed by atoms with van der Waals surface area (Å²) in [5, 5.41) is 0. The number of nitrogens with zero attached hydrogens (tertiary/aromatic N) is 2. The van der Waals surface area contributed by atoms with E-state index in [0.717, 1.165) is 17.7 Å². The van der Waals surface area contributed by atoms with Gasteiger partial charge in [-0.2, -0.15) is 0 Å². The maximum absolute atomic E-state index is 10.7. The predicted octanol–water partition coefficient (Wildman–Crippen LogP) is 1.95. The first-order valence-corrected chi connectivity index (χ1v) is 4.74. The van der Waals surface area contributed by atoms with Crippen molar-refractivity contribution in [2.75, 3.05) is 0 Å². The molecule has 0 aliphatic rings. The molecular formula is C11H12N2O2. The van der Waals surface area contributed by atoms with E-state index in [2.05, 4.69) is 4.98 Å². The molecule has 0 N–H and O–H groups in total. The fourth-order valence-electron chi connectivity index (χ4n) is 1.43. The van der Waals surface area contributed by atoms with Gasteiger partial charge in [-0.05, 0) is 26.0 Å². The molecule has 2 aromatic heterocycles. The van der Waals surface area contributed by atoms with Crippen molar-refractivity contribution in [3.63, 3.8) is 0 Å². The average molecular weight is 204 g/mol. The van der Waals surface area contributed by atoms with Crippen molar-refractivity contribution in [3.8, 4) is 0 Å². The molecule has 0 spiro atoms. The van der Waals surface area contributed by atoms with Gasteiger partial charge < -0.3 is 8.98 Å². The second-order valence-electron chi connectivity index (χ2n) is 3.43. The van der Waals surface area contributed by atoms with Gasteiger partial charge in [0.05, 0.1) is 17.9 Å². The molecule has 78 valence electrons. The van der Waals surface area contributed by atoms with Gasteiger partial charge >= 0.3 is 0 Å². The first kappa shape index (κ1) is 9.71. The zero-order chi connectivity index (χ0) is 10.8. The Kier molecular flexibility index (Phi) is 2.41. The van der Waals surface area contributed by atoms with Crippen LogP contribution >= 0.6 is 0 Å². The van der Waals surface area contributed by atoms with Crippen LogP contribution in [0.4, 0.5) is 0 Å². The first-order valence-electron chi connectivity index (χ1n) is 4.74. The van der Waals surface area contributed by atoms with Crippen molar-refractivity contribution in [2.45, 2.75) is 20.4 Å². The van der Waals surface area contributed by atoms with Crippen LogP contribution in [0.15, 0.2) is 22.7 Å². The molecule has 0 unspecified atom stereocenters. The molecule has 0 aromatic carbocycles. The van der Waals surface area contributed by atoms with Crippen molar-refractivity contribution in [3.05, 3.63) is 41.4 Å². The molecule has 0 fully saturated rings. The predicted molar refractivity (Wildman–Crippen MR) is 54.9 cm³/mol. The summed E-state index contributed by atoms with van der Waals surface area (Å²) in [6.07, 6.45) is 2.65. The van der Waals surface area contributed by atoms with Crippen molar-refractivity contribution in [1.29, 1.82) is 0 Å². The topological polar surface area (TPSA) is 48.0 Å². The number of hydrogen-bond donors (Lipinski definition) is 0. The van der Waals surface area contributed by atoms with Gasteiger partial charge in [-0.25, -0.2) is 4.98 Å². The Hall–Kier alpha value is -1.84. The standard InChI is InChI=1S/C11H12N2O2/c1-8-9(2)15-11(12-8)6-13-5-3-4-10(13)7-14/h3-5,7H,6H2,1-2H3. The molecule has 2 aromatic rings. The highest BCUT2D eigenvalue weighted by molar-refractivity contribution is 5.72. The van der Waals surface area contributed by atoms with Crippen LogP contribution in [0.1, 0.15) is 27.8 Å². The summed E-state index contributed by atoms with van der Waals surface area (Å²) < 4.78 is 7.24. The summed E-state index contributed by atoms with van der Waals surface area (Å²) in [5.41, 5.74) is 1.52. The highest BCUT2D eigenvalue weighted by Gasteiger charge is 2.07. The van der Waals surface area contributed by atoms with Crippen LogP contribution in [0.5, 0.6) is 0 Å². The second-order valence-corrected chi connectivity index (χ2v) is 3.43. The molecule has 0 bridgehead atoms. The van der Waals surface area contributed by atoms with Gasteiger partial charge in [0.1, 0.15) is 5.76 Å². The number of aromatic nitrogens is 2. The van der Waals surface area contributed by atoms with Gasteiger partial charge in [0.15, 0.2) is 6.29 Å².